The number of unbranched alkanes of at least 4 members (excludes halogenated alkanes) is 3. The lowest BCUT2D eigenvalue weighted by Gasteiger charge is -2.30. The zero-order chi connectivity index (χ0) is 28.0. The van der Waals surface area contributed by atoms with Crippen LogP contribution in [0.3, 0.4) is 0 Å². The fourth-order valence-electron chi connectivity index (χ4n) is 5.72. The number of hydrogen-bond acceptors (Lipinski definition) is 6. The molecule has 1 aliphatic heterocycles. The molecule has 1 atom stereocenters. The number of carbonyl (C=O) groups is 2. The highest BCUT2D eigenvalue weighted by Crippen LogP contribution is 2.53. The number of allylic oxidation sites excluding steroid dienone is 2. The average Bonchev–Trinajstić information content (AvgIpc) is 3.39. The molecule has 0 aliphatic carbocycles. The molecule has 2 aromatic carbocycles. The molecule has 3 aromatic rings. The third-order valence-corrected chi connectivity index (χ3v) is 7.58. The number of hydrogen-bond donors (Lipinski definition) is 1. The van der Waals surface area contributed by atoms with Crippen LogP contribution < -0.4 is 9.47 Å². The van der Waals surface area contributed by atoms with Gasteiger partial charge >= 0.3 is 11.9 Å². The number of anilines is 1. The average molecular weight is 531 g/mol. The standard InChI is InChI=1S/C31H35N3O5/c1-4-5-6-9-15-31(3)24-19-22(2)12-13-25(24)33(16-14-28(36)37)29(31)23(20-32)30-34(17-18-38-21-35)26-10-7-8-11-27(26)39-30/h7-8,10-13,19,21H,4-6,9,14-18H2,1-3H3/p+1. The Kier molecular flexibility index (Phi) is 8.70. The summed E-state index contributed by atoms with van der Waals surface area (Å²) in [7, 11) is 0. The summed E-state index contributed by atoms with van der Waals surface area (Å²) in [6.07, 6.45) is 5.02. The van der Waals surface area contributed by atoms with Gasteiger partial charge in [0.1, 0.15) is 6.07 Å². The predicted octanol–water partition coefficient (Wildman–Crippen LogP) is 5.66. The van der Waals surface area contributed by atoms with Crippen LogP contribution >= 0.6 is 0 Å². The van der Waals surface area contributed by atoms with Crippen molar-refractivity contribution in [3.8, 4) is 6.07 Å². The molecule has 1 aromatic heterocycles. The number of oxazole rings is 1. The number of fused-ring (bicyclic) bond motifs is 2. The SMILES string of the molecule is CCCCCCC1(C)/C(=C(/C#N)c2oc3ccccc3[n+]2CCOC=O)N(CCC(=O)O)c2ccc(C)cc21. The number of carboxylic acid groups (broad SMARTS) is 1. The number of nitriles is 1. The molecule has 0 saturated carbocycles. The first-order valence-electron chi connectivity index (χ1n) is 13.6. The Bertz CT molecular complexity index is 1430. The zero-order valence-electron chi connectivity index (χ0n) is 22.9. The van der Waals surface area contributed by atoms with Gasteiger partial charge in [-0.05, 0) is 38.0 Å². The van der Waals surface area contributed by atoms with Crippen molar-refractivity contribution in [2.45, 2.75) is 71.3 Å². The number of para-hydroxylation sites is 2. The highest BCUT2D eigenvalue weighted by atomic mass is 16.5. The van der Waals surface area contributed by atoms with Crippen LogP contribution in [0.1, 0.15) is 69.4 Å². The lowest BCUT2D eigenvalue weighted by Crippen LogP contribution is -2.40. The summed E-state index contributed by atoms with van der Waals surface area (Å²) in [5.41, 5.74) is 5.10. The Balaban J connectivity index is 1.98. The molecule has 0 spiro atoms. The number of aryl methyl sites for hydroxylation is 1. The second-order valence-corrected chi connectivity index (χ2v) is 10.3. The van der Waals surface area contributed by atoms with Gasteiger partial charge in [-0.2, -0.15) is 9.83 Å². The molecule has 0 bridgehead atoms. The van der Waals surface area contributed by atoms with Crippen molar-refractivity contribution in [2.24, 2.45) is 0 Å². The first-order valence-corrected chi connectivity index (χ1v) is 13.6. The van der Waals surface area contributed by atoms with Gasteiger partial charge in [-0.15, -0.1) is 0 Å². The molecule has 1 aliphatic rings. The minimum atomic E-state index is -0.900. The Morgan fingerprint density at radius 3 is 2.74 bits per heavy atom. The van der Waals surface area contributed by atoms with E-state index < -0.39 is 11.4 Å². The van der Waals surface area contributed by atoms with E-state index in [2.05, 4.69) is 26.0 Å². The molecule has 2 heterocycles. The lowest BCUT2D eigenvalue weighted by molar-refractivity contribution is -0.679. The van der Waals surface area contributed by atoms with Crippen LogP contribution in [-0.2, 0) is 26.3 Å². The highest BCUT2D eigenvalue weighted by molar-refractivity contribution is 5.86. The number of aliphatic carboxylic acids is 1. The summed E-state index contributed by atoms with van der Waals surface area (Å²) in [6, 6.07) is 16.2. The van der Waals surface area contributed by atoms with Gasteiger partial charge in [-0.25, -0.2) is 0 Å². The molecular formula is C31H36N3O5+. The van der Waals surface area contributed by atoms with Crippen molar-refractivity contribution >= 4 is 34.8 Å². The van der Waals surface area contributed by atoms with E-state index in [9.17, 15) is 20.0 Å². The number of ether oxygens (including phenoxy) is 1. The third-order valence-electron chi connectivity index (χ3n) is 7.58. The van der Waals surface area contributed by atoms with E-state index >= 15 is 0 Å². The first kappa shape index (κ1) is 27.9. The highest BCUT2D eigenvalue weighted by Gasteiger charge is 2.47. The maximum absolute atomic E-state index is 11.7. The van der Waals surface area contributed by atoms with Crippen LogP contribution in [0, 0.1) is 18.3 Å². The number of carbonyl (C=O) groups excluding carboxylic acids is 1. The van der Waals surface area contributed by atoms with Gasteiger partial charge in [0.25, 0.3) is 12.0 Å². The summed E-state index contributed by atoms with van der Waals surface area (Å²) in [5, 5.41) is 20.3. The minimum absolute atomic E-state index is 0.0747. The number of nitrogens with zero attached hydrogens (tertiary/aromatic N) is 3. The molecule has 0 saturated heterocycles. The van der Waals surface area contributed by atoms with Crippen molar-refractivity contribution in [2.75, 3.05) is 18.1 Å². The normalized spacial score (nSPS) is 17.6. The van der Waals surface area contributed by atoms with E-state index in [1.54, 1.807) is 0 Å². The summed E-state index contributed by atoms with van der Waals surface area (Å²) >= 11 is 0. The fourth-order valence-corrected chi connectivity index (χ4v) is 5.72. The van der Waals surface area contributed by atoms with Crippen LogP contribution in [0.25, 0.3) is 16.7 Å². The van der Waals surface area contributed by atoms with Gasteiger partial charge in [0.15, 0.2) is 18.7 Å². The number of carboxylic acids is 1. The zero-order valence-corrected chi connectivity index (χ0v) is 22.9. The van der Waals surface area contributed by atoms with Gasteiger partial charge in [-0.3, -0.25) is 9.59 Å². The van der Waals surface area contributed by atoms with E-state index in [1.165, 1.54) is 0 Å². The molecule has 0 fully saturated rings. The van der Waals surface area contributed by atoms with Gasteiger partial charge < -0.3 is 19.2 Å². The Morgan fingerprint density at radius 1 is 1.23 bits per heavy atom. The van der Waals surface area contributed by atoms with E-state index in [1.807, 2.05) is 52.8 Å². The van der Waals surface area contributed by atoms with Crippen molar-refractivity contribution in [3.05, 3.63) is 65.2 Å². The maximum Gasteiger partial charge on any atom is 0.394 e. The minimum Gasteiger partial charge on any atom is -0.481 e. The largest absolute Gasteiger partial charge is 0.481 e. The molecule has 1 unspecified atom stereocenters. The molecule has 204 valence electrons. The van der Waals surface area contributed by atoms with Crippen molar-refractivity contribution in [1.82, 2.24) is 0 Å². The van der Waals surface area contributed by atoms with Gasteiger partial charge in [-0.1, -0.05) is 62.4 Å². The summed E-state index contributed by atoms with van der Waals surface area (Å²) in [6.45, 7) is 7.44. The predicted molar refractivity (Wildman–Crippen MR) is 148 cm³/mol. The van der Waals surface area contributed by atoms with Crippen molar-refractivity contribution in [1.29, 1.82) is 5.26 Å². The van der Waals surface area contributed by atoms with Crippen molar-refractivity contribution in [3.63, 3.8) is 0 Å². The van der Waals surface area contributed by atoms with Gasteiger partial charge in [0, 0.05) is 23.7 Å². The lowest BCUT2D eigenvalue weighted by atomic mass is 9.75. The fraction of sp³-hybridized carbons (Fsp3) is 0.419. The van der Waals surface area contributed by atoms with E-state index in [0.717, 1.165) is 60.1 Å². The molecular weight excluding hydrogens is 494 g/mol. The van der Waals surface area contributed by atoms with E-state index in [0.29, 0.717) is 30.1 Å². The molecule has 39 heavy (non-hydrogen) atoms. The number of rotatable bonds is 13. The molecule has 0 amide bonds. The van der Waals surface area contributed by atoms with E-state index in [-0.39, 0.29) is 19.6 Å². The van der Waals surface area contributed by atoms with E-state index in [4.69, 9.17) is 9.15 Å². The van der Waals surface area contributed by atoms with Gasteiger partial charge in [0.2, 0.25) is 5.58 Å². The molecule has 8 nitrogen and oxygen atoms in total. The Hall–Kier alpha value is -4.12. The summed E-state index contributed by atoms with van der Waals surface area (Å²) < 4.78 is 13.2. The summed E-state index contributed by atoms with van der Waals surface area (Å²) in [4.78, 5) is 24.6. The second-order valence-electron chi connectivity index (χ2n) is 10.3. The maximum atomic E-state index is 11.7. The Labute approximate surface area is 229 Å². The third kappa shape index (κ3) is 5.53. The molecule has 1 N–H and O–H groups in total. The van der Waals surface area contributed by atoms with Crippen LogP contribution in [0.4, 0.5) is 5.69 Å². The summed E-state index contributed by atoms with van der Waals surface area (Å²) in [5.74, 6) is -0.532. The number of benzene rings is 2. The van der Waals surface area contributed by atoms with Crippen LogP contribution in [0.2, 0.25) is 0 Å². The molecule has 8 heteroatoms. The quantitative estimate of drug-likeness (QED) is 0.131. The van der Waals surface area contributed by atoms with Crippen LogP contribution in [0.5, 0.6) is 0 Å². The van der Waals surface area contributed by atoms with Crippen molar-refractivity contribution < 1.29 is 28.4 Å². The first-order chi connectivity index (χ1) is 18.8. The monoisotopic (exact) mass is 530 g/mol. The molecule has 4 rings (SSSR count). The topological polar surface area (TPSA) is 108 Å². The van der Waals surface area contributed by atoms with Crippen LogP contribution in [-0.4, -0.2) is 30.7 Å². The molecule has 0 radical (unpaired) electrons. The second kappa shape index (κ2) is 12.2. The smallest absolute Gasteiger partial charge is 0.394 e. The van der Waals surface area contributed by atoms with Crippen LogP contribution in [0.15, 0.2) is 52.6 Å². The Morgan fingerprint density at radius 2 is 2.03 bits per heavy atom. The number of aromatic nitrogens is 1. The van der Waals surface area contributed by atoms with Gasteiger partial charge in [0.05, 0.1) is 12.1 Å².